The van der Waals surface area contributed by atoms with Gasteiger partial charge in [0, 0.05) is 18.8 Å². The highest BCUT2D eigenvalue weighted by molar-refractivity contribution is 6.18. The number of halogens is 2. The third-order valence-electron chi connectivity index (χ3n) is 3.08. The second kappa shape index (κ2) is 5.57. The average molecular weight is 286 g/mol. The van der Waals surface area contributed by atoms with Crippen LogP contribution >= 0.6 is 11.6 Å². The number of carbonyl (C=O) groups excluding carboxylic acids is 2. The summed E-state index contributed by atoms with van der Waals surface area (Å²) in [5, 5.41) is 0. The molecule has 0 bridgehead atoms. The van der Waals surface area contributed by atoms with Crippen LogP contribution in [0.25, 0.3) is 0 Å². The topological polar surface area (TPSA) is 46.6 Å². The first-order valence-electron chi connectivity index (χ1n) is 5.81. The first-order chi connectivity index (χ1) is 9.06. The molecule has 102 valence electrons. The van der Waals surface area contributed by atoms with Crippen molar-refractivity contribution in [1.82, 2.24) is 0 Å². The SMILES string of the molecule is COC(=O)c1ccc(N2CC(CCl)CC2=O)c(F)c1. The Morgan fingerprint density at radius 3 is 2.84 bits per heavy atom. The number of benzene rings is 1. The Morgan fingerprint density at radius 2 is 2.32 bits per heavy atom. The van der Waals surface area contributed by atoms with E-state index in [4.69, 9.17) is 11.6 Å². The summed E-state index contributed by atoms with van der Waals surface area (Å²) in [7, 11) is 1.23. The summed E-state index contributed by atoms with van der Waals surface area (Å²) in [5.74, 6) is -0.989. The molecule has 1 saturated heterocycles. The Kier molecular flexibility index (Phi) is 4.04. The Hall–Kier alpha value is -1.62. The second-order valence-electron chi connectivity index (χ2n) is 4.39. The molecule has 4 nitrogen and oxygen atoms in total. The molecule has 1 atom stereocenters. The van der Waals surface area contributed by atoms with E-state index in [1.165, 1.54) is 24.1 Å². The summed E-state index contributed by atoms with van der Waals surface area (Å²) in [5.41, 5.74) is 0.287. The fourth-order valence-electron chi connectivity index (χ4n) is 2.09. The van der Waals surface area contributed by atoms with Crippen LogP contribution < -0.4 is 4.90 Å². The van der Waals surface area contributed by atoms with Crippen LogP contribution in [0.15, 0.2) is 18.2 Å². The molecular formula is C13H13ClFNO3. The van der Waals surface area contributed by atoms with E-state index >= 15 is 0 Å². The lowest BCUT2D eigenvalue weighted by atomic mass is 10.1. The van der Waals surface area contributed by atoms with Gasteiger partial charge in [-0.15, -0.1) is 11.6 Å². The Labute approximate surface area is 115 Å². The first kappa shape index (κ1) is 13.8. The van der Waals surface area contributed by atoms with E-state index in [2.05, 4.69) is 4.74 Å². The molecule has 19 heavy (non-hydrogen) atoms. The molecule has 1 unspecified atom stereocenters. The molecular weight excluding hydrogens is 273 g/mol. The van der Waals surface area contributed by atoms with E-state index in [-0.39, 0.29) is 23.1 Å². The fourth-order valence-corrected chi connectivity index (χ4v) is 2.30. The molecule has 1 aliphatic heterocycles. The largest absolute Gasteiger partial charge is 0.465 e. The van der Waals surface area contributed by atoms with Crippen LogP contribution in [0.4, 0.5) is 10.1 Å². The van der Waals surface area contributed by atoms with Crippen LogP contribution in [0.5, 0.6) is 0 Å². The normalized spacial score (nSPS) is 18.8. The maximum atomic E-state index is 14.0. The highest BCUT2D eigenvalue weighted by Crippen LogP contribution is 2.28. The van der Waals surface area contributed by atoms with Gasteiger partial charge in [-0.3, -0.25) is 4.79 Å². The zero-order valence-electron chi connectivity index (χ0n) is 10.4. The van der Waals surface area contributed by atoms with Gasteiger partial charge in [0.2, 0.25) is 5.91 Å². The van der Waals surface area contributed by atoms with Crippen molar-refractivity contribution in [3.05, 3.63) is 29.6 Å². The molecule has 1 fully saturated rings. The smallest absolute Gasteiger partial charge is 0.337 e. The predicted octanol–water partition coefficient (Wildman–Crippen LogP) is 2.20. The van der Waals surface area contributed by atoms with E-state index in [1.54, 1.807) is 0 Å². The Morgan fingerprint density at radius 1 is 1.58 bits per heavy atom. The number of hydrogen-bond acceptors (Lipinski definition) is 3. The highest BCUT2D eigenvalue weighted by Gasteiger charge is 2.31. The quantitative estimate of drug-likeness (QED) is 0.632. The predicted molar refractivity (Wildman–Crippen MR) is 68.9 cm³/mol. The van der Waals surface area contributed by atoms with Crippen molar-refractivity contribution in [2.75, 3.05) is 24.4 Å². The van der Waals surface area contributed by atoms with Gasteiger partial charge in [0.05, 0.1) is 18.4 Å². The Bertz CT molecular complexity index is 521. The molecule has 6 heteroatoms. The van der Waals surface area contributed by atoms with Crippen LogP contribution in [0, 0.1) is 11.7 Å². The lowest BCUT2D eigenvalue weighted by Gasteiger charge is -2.17. The third kappa shape index (κ3) is 2.71. The summed E-state index contributed by atoms with van der Waals surface area (Å²) in [6.07, 6.45) is 0.321. The fraction of sp³-hybridized carbons (Fsp3) is 0.385. The Balaban J connectivity index is 2.27. The molecule has 0 radical (unpaired) electrons. The van der Waals surface area contributed by atoms with E-state index in [0.29, 0.717) is 18.8 Å². The van der Waals surface area contributed by atoms with Gasteiger partial charge < -0.3 is 9.64 Å². The van der Waals surface area contributed by atoms with Gasteiger partial charge in [-0.1, -0.05) is 0 Å². The van der Waals surface area contributed by atoms with E-state index < -0.39 is 11.8 Å². The maximum Gasteiger partial charge on any atom is 0.337 e. The van der Waals surface area contributed by atoms with Crippen molar-refractivity contribution in [3.8, 4) is 0 Å². The molecule has 0 N–H and O–H groups in total. The molecule has 0 aliphatic carbocycles. The molecule has 1 heterocycles. The van der Waals surface area contributed by atoms with Crippen molar-refractivity contribution in [2.24, 2.45) is 5.92 Å². The number of amides is 1. The van der Waals surface area contributed by atoms with Gasteiger partial charge in [-0.2, -0.15) is 0 Å². The van der Waals surface area contributed by atoms with E-state index in [9.17, 15) is 14.0 Å². The number of ether oxygens (including phenoxy) is 1. The molecule has 2 rings (SSSR count). The molecule has 1 aliphatic rings. The number of rotatable bonds is 3. The van der Waals surface area contributed by atoms with Crippen LogP contribution in [-0.4, -0.2) is 31.4 Å². The minimum atomic E-state index is -0.619. The van der Waals surface area contributed by atoms with Crippen LogP contribution in [0.1, 0.15) is 16.8 Å². The van der Waals surface area contributed by atoms with Gasteiger partial charge in [-0.25, -0.2) is 9.18 Å². The van der Waals surface area contributed by atoms with Crippen LogP contribution in [0.3, 0.4) is 0 Å². The number of hydrogen-bond donors (Lipinski definition) is 0. The van der Waals surface area contributed by atoms with Crippen molar-refractivity contribution in [2.45, 2.75) is 6.42 Å². The standard InChI is InChI=1S/C13H13ClFNO3/c1-19-13(18)9-2-3-11(10(15)5-9)16-7-8(6-14)4-12(16)17/h2-3,5,8H,4,6-7H2,1H3. The molecule has 1 aromatic carbocycles. The van der Waals surface area contributed by atoms with Gasteiger partial charge in [-0.05, 0) is 24.1 Å². The summed E-state index contributed by atoms with van der Waals surface area (Å²) in [6, 6.07) is 3.92. The van der Waals surface area contributed by atoms with Crippen molar-refractivity contribution in [3.63, 3.8) is 0 Å². The van der Waals surface area contributed by atoms with Gasteiger partial charge in [0.1, 0.15) is 5.82 Å². The second-order valence-corrected chi connectivity index (χ2v) is 4.70. The lowest BCUT2D eigenvalue weighted by molar-refractivity contribution is -0.117. The minimum absolute atomic E-state index is 0.0360. The van der Waals surface area contributed by atoms with Gasteiger partial charge in [0.15, 0.2) is 0 Å². The molecule has 0 spiro atoms. The average Bonchev–Trinajstić information content (AvgIpc) is 2.79. The summed E-state index contributed by atoms with van der Waals surface area (Å²) >= 11 is 5.72. The first-order valence-corrected chi connectivity index (χ1v) is 6.34. The number of methoxy groups -OCH3 is 1. The van der Waals surface area contributed by atoms with E-state index in [1.807, 2.05) is 0 Å². The van der Waals surface area contributed by atoms with Crippen LogP contribution in [0.2, 0.25) is 0 Å². The van der Waals surface area contributed by atoms with Gasteiger partial charge >= 0.3 is 5.97 Å². The van der Waals surface area contributed by atoms with Crippen molar-refractivity contribution >= 4 is 29.2 Å². The van der Waals surface area contributed by atoms with Gasteiger partial charge in [0.25, 0.3) is 0 Å². The van der Waals surface area contributed by atoms with Crippen molar-refractivity contribution < 1.29 is 18.7 Å². The molecule has 0 saturated carbocycles. The number of esters is 1. The maximum absolute atomic E-state index is 14.0. The number of anilines is 1. The number of nitrogens with zero attached hydrogens (tertiary/aromatic N) is 1. The molecule has 0 aromatic heterocycles. The van der Waals surface area contributed by atoms with Crippen molar-refractivity contribution in [1.29, 1.82) is 0 Å². The summed E-state index contributed by atoms with van der Waals surface area (Å²) in [6.45, 7) is 0.400. The highest BCUT2D eigenvalue weighted by atomic mass is 35.5. The minimum Gasteiger partial charge on any atom is -0.465 e. The lowest BCUT2D eigenvalue weighted by Crippen LogP contribution is -2.25. The van der Waals surface area contributed by atoms with Crippen LogP contribution in [-0.2, 0) is 9.53 Å². The number of alkyl halides is 1. The summed E-state index contributed by atoms with van der Waals surface area (Å²) < 4.78 is 18.5. The molecule has 1 aromatic rings. The number of carbonyl (C=O) groups is 2. The van der Waals surface area contributed by atoms with E-state index in [0.717, 1.165) is 6.07 Å². The third-order valence-corrected chi connectivity index (χ3v) is 3.52. The zero-order valence-corrected chi connectivity index (χ0v) is 11.1. The molecule has 1 amide bonds. The monoisotopic (exact) mass is 285 g/mol. The summed E-state index contributed by atoms with van der Waals surface area (Å²) in [4.78, 5) is 24.4. The zero-order chi connectivity index (χ0) is 14.0.